The van der Waals surface area contributed by atoms with E-state index >= 15 is 0 Å². The maximum atomic E-state index is 5.96. The van der Waals surface area contributed by atoms with Crippen molar-refractivity contribution in [3.8, 4) is 28.6 Å². The van der Waals surface area contributed by atoms with E-state index in [9.17, 15) is 0 Å². The Balaban J connectivity index is 2.05. The first-order valence-electron chi connectivity index (χ1n) is 6.37. The van der Waals surface area contributed by atoms with Gasteiger partial charge in [0.05, 0.1) is 12.7 Å². The highest BCUT2D eigenvalue weighted by Gasteiger charge is 2.15. The number of benzene rings is 1. The predicted molar refractivity (Wildman–Crippen MR) is 78.7 cm³/mol. The molecule has 0 saturated heterocycles. The van der Waals surface area contributed by atoms with E-state index in [4.69, 9.17) is 15.0 Å². The summed E-state index contributed by atoms with van der Waals surface area (Å²) in [4.78, 5) is 8.46. The summed E-state index contributed by atoms with van der Waals surface area (Å²) in [5, 5.41) is 4.01. The minimum Gasteiger partial charge on any atom is -0.497 e. The Labute approximate surface area is 121 Å². The first-order chi connectivity index (χ1) is 10.2. The van der Waals surface area contributed by atoms with Crippen LogP contribution in [0, 0.1) is 6.92 Å². The molecule has 0 bridgehead atoms. The highest BCUT2D eigenvalue weighted by atomic mass is 16.5. The van der Waals surface area contributed by atoms with Crippen LogP contribution in [0.2, 0.25) is 0 Å². The first kappa shape index (κ1) is 13.1. The van der Waals surface area contributed by atoms with Crippen LogP contribution in [-0.4, -0.2) is 22.2 Å². The lowest BCUT2D eigenvalue weighted by molar-refractivity contribution is 0.413. The van der Waals surface area contributed by atoms with E-state index < -0.39 is 0 Å². The second-order valence-electron chi connectivity index (χ2n) is 4.57. The number of aromatic nitrogens is 3. The molecule has 3 aromatic rings. The van der Waals surface area contributed by atoms with Gasteiger partial charge in [-0.25, -0.2) is 0 Å². The van der Waals surface area contributed by atoms with Gasteiger partial charge in [0.2, 0.25) is 5.82 Å². The number of rotatable bonds is 3. The lowest BCUT2D eigenvalue weighted by atomic mass is 10.1. The van der Waals surface area contributed by atoms with E-state index in [1.807, 2.05) is 13.0 Å². The van der Waals surface area contributed by atoms with E-state index in [1.54, 1.807) is 37.7 Å². The summed E-state index contributed by atoms with van der Waals surface area (Å²) in [7, 11) is 1.59. The number of methoxy groups -OCH3 is 1. The topological polar surface area (TPSA) is 87.1 Å². The maximum Gasteiger partial charge on any atom is 0.260 e. The van der Waals surface area contributed by atoms with Crippen molar-refractivity contribution in [1.29, 1.82) is 0 Å². The molecule has 0 unspecified atom stereocenters. The smallest absolute Gasteiger partial charge is 0.260 e. The Morgan fingerprint density at radius 1 is 1.19 bits per heavy atom. The summed E-state index contributed by atoms with van der Waals surface area (Å²) in [6.45, 7) is 1.94. The van der Waals surface area contributed by atoms with Crippen molar-refractivity contribution < 1.29 is 9.26 Å². The molecule has 3 rings (SSSR count). The van der Waals surface area contributed by atoms with Crippen LogP contribution in [0.15, 0.2) is 41.2 Å². The van der Waals surface area contributed by atoms with Gasteiger partial charge in [0, 0.05) is 23.6 Å². The van der Waals surface area contributed by atoms with Gasteiger partial charge in [0.25, 0.3) is 5.89 Å². The Hall–Kier alpha value is -2.89. The van der Waals surface area contributed by atoms with Crippen molar-refractivity contribution in [3.63, 3.8) is 0 Å². The van der Waals surface area contributed by atoms with E-state index in [-0.39, 0.29) is 0 Å². The van der Waals surface area contributed by atoms with Crippen LogP contribution < -0.4 is 10.5 Å². The van der Waals surface area contributed by atoms with Crippen LogP contribution in [0.3, 0.4) is 0 Å². The zero-order valence-corrected chi connectivity index (χ0v) is 11.7. The van der Waals surface area contributed by atoms with Gasteiger partial charge < -0.3 is 15.0 Å². The molecule has 0 aliphatic heterocycles. The summed E-state index contributed by atoms with van der Waals surface area (Å²) >= 11 is 0. The number of aryl methyl sites for hydroxylation is 1. The largest absolute Gasteiger partial charge is 0.497 e. The van der Waals surface area contributed by atoms with Crippen LogP contribution in [0.25, 0.3) is 22.8 Å². The Morgan fingerprint density at radius 3 is 2.81 bits per heavy atom. The molecule has 1 aromatic carbocycles. The van der Waals surface area contributed by atoms with Crippen LogP contribution in [-0.2, 0) is 0 Å². The molecular weight excluding hydrogens is 268 g/mol. The number of nitrogens with two attached hydrogens (primary N) is 1. The number of nitrogen functional groups attached to an aromatic ring is 1. The molecule has 0 radical (unpaired) electrons. The molecular formula is C15H14N4O2. The second-order valence-corrected chi connectivity index (χ2v) is 4.57. The van der Waals surface area contributed by atoms with E-state index in [0.717, 1.165) is 11.1 Å². The highest BCUT2D eigenvalue weighted by Crippen LogP contribution is 2.30. The molecule has 0 aliphatic carbocycles. The quantitative estimate of drug-likeness (QED) is 0.743. The Kier molecular flexibility index (Phi) is 3.27. The number of anilines is 1. The molecule has 6 nitrogen and oxygen atoms in total. The zero-order valence-electron chi connectivity index (χ0n) is 11.7. The van der Waals surface area contributed by atoms with Crippen molar-refractivity contribution in [3.05, 3.63) is 42.2 Å². The molecule has 21 heavy (non-hydrogen) atoms. The fourth-order valence-electron chi connectivity index (χ4n) is 2.01. The minimum atomic E-state index is 0.359. The number of ether oxygens (including phenoxy) is 1. The lowest BCUT2D eigenvalue weighted by Crippen LogP contribution is -1.92. The molecule has 0 atom stereocenters. The van der Waals surface area contributed by atoms with Gasteiger partial charge in [0.1, 0.15) is 5.75 Å². The predicted octanol–water partition coefficient (Wildman–Crippen LogP) is 2.70. The number of hydrogen-bond acceptors (Lipinski definition) is 6. The Morgan fingerprint density at radius 2 is 2.05 bits per heavy atom. The van der Waals surface area contributed by atoms with Crippen LogP contribution in [0.5, 0.6) is 5.75 Å². The summed E-state index contributed by atoms with van der Waals surface area (Å²) < 4.78 is 10.5. The van der Waals surface area contributed by atoms with Crippen molar-refractivity contribution in [2.45, 2.75) is 6.92 Å². The van der Waals surface area contributed by atoms with E-state index in [0.29, 0.717) is 28.7 Å². The molecule has 2 heterocycles. The molecule has 0 fully saturated rings. The van der Waals surface area contributed by atoms with Gasteiger partial charge in [-0.05, 0) is 36.8 Å². The highest BCUT2D eigenvalue weighted by molar-refractivity contribution is 5.73. The Bertz CT molecular complexity index is 783. The summed E-state index contributed by atoms with van der Waals surface area (Å²) in [5.74, 6) is 1.55. The van der Waals surface area contributed by atoms with Crippen LogP contribution >= 0.6 is 0 Å². The zero-order chi connectivity index (χ0) is 14.8. The van der Waals surface area contributed by atoms with Crippen LogP contribution in [0.1, 0.15) is 5.56 Å². The number of nitrogens with zero attached hydrogens (tertiary/aromatic N) is 3. The van der Waals surface area contributed by atoms with Crippen molar-refractivity contribution in [1.82, 2.24) is 15.1 Å². The summed E-state index contributed by atoms with van der Waals surface area (Å²) in [6, 6.07) is 7.14. The third-order valence-electron chi connectivity index (χ3n) is 3.18. The lowest BCUT2D eigenvalue weighted by Gasteiger charge is -2.04. The molecule has 0 aliphatic rings. The van der Waals surface area contributed by atoms with Gasteiger partial charge in [-0.1, -0.05) is 5.16 Å². The van der Waals surface area contributed by atoms with Gasteiger partial charge in [-0.2, -0.15) is 4.98 Å². The van der Waals surface area contributed by atoms with Crippen molar-refractivity contribution in [2.75, 3.05) is 12.8 Å². The van der Waals surface area contributed by atoms with E-state index in [2.05, 4.69) is 15.1 Å². The first-order valence-corrected chi connectivity index (χ1v) is 6.37. The fraction of sp³-hybridized carbons (Fsp3) is 0.133. The van der Waals surface area contributed by atoms with Gasteiger partial charge in [0.15, 0.2) is 0 Å². The van der Waals surface area contributed by atoms with Crippen LogP contribution in [0.4, 0.5) is 5.69 Å². The van der Waals surface area contributed by atoms with Gasteiger partial charge >= 0.3 is 0 Å². The molecule has 6 heteroatoms. The molecule has 0 amide bonds. The monoisotopic (exact) mass is 282 g/mol. The van der Waals surface area contributed by atoms with E-state index in [1.165, 1.54) is 0 Å². The minimum absolute atomic E-state index is 0.359. The van der Waals surface area contributed by atoms with Gasteiger partial charge in [-0.15, -0.1) is 0 Å². The average Bonchev–Trinajstić information content (AvgIpc) is 2.97. The molecule has 0 spiro atoms. The normalized spacial score (nSPS) is 10.6. The molecule has 2 N–H and O–H groups in total. The summed E-state index contributed by atoms with van der Waals surface area (Å²) in [5.41, 5.74) is 9.02. The van der Waals surface area contributed by atoms with Crippen molar-refractivity contribution >= 4 is 5.69 Å². The molecule has 0 saturated carbocycles. The molecule has 2 aromatic heterocycles. The van der Waals surface area contributed by atoms with Gasteiger partial charge in [-0.3, -0.25) is 4.98 Å². The number of pyridine rings is 1. The fourth-order valence-corrected chi connectivity index (χ4v) is 2.01. The molecule has 106 valence electrons. The second kappa shape index (κ2) is 5.24. The van der Waals surface area contributed by atoms with Crippen molar-refractivity contribution in [2.24, 2.45) is 0 Å². The SMILES string of the molecule is COc1ccc(N)c(-c2nc(-c3ccncc3C)no2)c1. The standard InChI is InChI=1S/C15H14N4O2/c1-9-8-17-6-5-11(9)14-18-15(21-19-14)12-7-10(20-2)3-4-13(12)16/h3-8H,16H2,1-2H3. The third-order valence-corrected chi connectivity index (χ3v) is 3.18. The third kappa shape index (κ3) is 2.43. The number of hydrogen-bond donors (Lipinski definition) is 1. The summed E-state index contributed by atoms with van der Waals surface area (Å²) in [6.07, 6.45) is 3.45. The average molecular weight is 282 g/mol. The maximum absolute atomic E-state index is 5.96.